The molecule has 2 aliphatic rings. The van der Waals surface area contributed by atoms with Crippen LogP contribution in [0.5, 0.6) is 17.2 Å². The molecule has 1 aromatic carbocycles. The fraction of sp³-hybridized carbons (Fsp3) is 0.409. The first-order valence-corrected chi connectivity index (χ1v) is 11.9. The van der Waals surface area contributed by atoms with Crippen molar-refractivity contribution >= 4 is 42.9 Å². The summed E-state index contributed by atoms with van der Waals surface area (Å²) >= 11 is 0. The maximum Gasteiger partial charge on any atom is 0.274 e. The molecule has 4 heterocycles. The molecule has 178 valence electrons. The zero-order valence-electron chi connectivity index (χ0n) is 21.0. The lowest BCUT2D eigenvalue weighted by atomic mass is 9.41. The van der Waals surface area contributed by atoms with Crippen LogP contribution in [0.4, 0.5) is 10.2 Å². The van der Waals surface area contributed by atoms with Crippen molar-refractivity contribution in [2.45, 2.75) is 43.3 Å². The van der Waals surface area contributed by atoms with E-state index in [-0.39, 0.29) is 12.1 Å². The molecule has 35 heavy (non-hydrogen) atoms. The average Bonchev–Trinajstić information content (AvgIpc) is 2.78. The van der Waals surface area contributed by atoms with Crippen LogP contribution >= 0.6 is 0 Å². The Hall–Kier alpha value is -3.10. The van der Waals surface area contributed by atoms with Gasteiger partial charge in [0.25, 0.3) is 5.56 Å². The van der Waals surface area contributed by atoms with Gasteiger partial charge in [0.05, 0.1) is 17.3 Å². The van der Waals surface area contributed by atoms with E-state index in [9.17, 15) is 4.79 Å². The number of hydrogen-bond donors (Lipinski definition) is 0. The number of rotatable bonds is 3. The van der Waals surface area contributed by atoms with Gasteiger partial charge >= 0.3 is 0 Å². The van der Waals surface area contributed by atoms with Gasteiger partial charge in [-0.3, -0.25) is 4.79 Å². The normalized spacial score (nSPS) is 22.7. The molecule has 0 spiro atoms. The number of aryl methyl sites for hydroxylation is 1. The molecule has 13 heteroatoms. The monoisotopic (exact) mass is 474 g/mol. The standard InChI is InChI=1S/C22H27B4FN4O4/c1-11-12(2)20(29-31-18(32)5-7-28-19(11)31)30-8-6-15(14(27)10-30)33-13-3-4-16-17(9-13)35-22(25,26)21(23,24)34-16/h3-5,7,9,14-15H,6,8,10,23-26H2,1-2H3/t14-,15+/m0/s1. The van der Waals surface area contributed by atoms with Gasteiger partial charge in [-0.2, -0.15) is 4.52 Å². The van der Waals surface area contributed by atoms with Gasteiger partial charge in [-0.15, -0.1) is 5.10 Å². The fourth-order valence-corrected chi connectivity index (χ4v) is 4.46. The maximum absolute atomic E-state index is 15.3. The van der Waals surface area contributed by atoms with Crippen LogP contribution in [0.25, 0.3) is 5.65 Å². The van der Waals surface area contributed by atoms with Crippen LogP contribution in [0, 0.1) is 13.8 Å². The first-order valence-electron chi connectivity index (χ1n) is 11.9. The van der Waals surface area contributed by atoms with E-state index in [0.29, 0.717) is 41.7 Å². The van der Waals surface area contributed by atoms with E-state index in [4.69, 9.17) is 14.2 Å². The average molecular weight is 474 g/mol. The predicted molar refractivity (Wildman–Crippen MR) is 142 cm³/mol. The Balaban J connectivity index is 1.33. The van der Waals surface area contributed by atoms with Gasteiger partial charge in [0.1, 0.15) is 43.2 Å². The molecule has 0 N–H and O–H groups in total. The highest BCUT2D eigenvalue weighted by molar-refractivity contribution is 6.53. The Kier molecular flexibility index (Phi) is 5.56. The summed E-state index contributed by atoms with van der Waals surface area (Å²) in [6.45, 7) is 4.48. The van der Waals surface area contributed by atoms with Crippen molar-refractivity contribution < 1.29 is 18.6 Å². The molecule has 2 aromatic heterocycles. The topological polar surface area (TPSA) is 78.2 Å². The van der Waals surface area contributed by atoms with E-state index in [2.05, 4.69) is 10.1 Å². The second kappa shape index (κ2) is 8.24. The summed E-state index contributed by atoms with van der Waals surface area (Å²) in [6.07, 6.45) is 0.0968. The number of piperidine rings is 1. The lowest BCUT2D eigenvalue weighted by Gasteiger charge is -2.47. The number of fused-ring (bicyclic) bond motifs is 2. The van der Waals surface area contributed by atoms with Crippen molar-refractivity contribution in [3.05, 3.63) is 51.9 Å². The van der Waals surface area contributed by atoms with Gasteiger partial charge in [0, 0.05) is 42.4 Å². The van der Waals surface area contributed by atoms with Crippen molar-refractivity contribution in [2.24, 2.45) is 0 Å². The highest BCUT2D eigenvalue weighted by atomic mass is 19.1. The third kappa shape index (κ3) is 4.04. The van der Waals surface area contributed by atoms with E-state index in [1.54, 1.807) is 18.2 Å². The zero-order valence-corrected chi connectivity index (χ0v) is 21.0. The number of halogens is 1. The van der Waals surface area contributed by atoms with E-state index < -0.39 is 23.1 Å². The number of benzene rings is 1. The minimum absolute atomic E-state index is 0.115. The maximum atomic E-state index is 15.3. The van der Waals surface area contributed by atoms with Crippen LogP contribution in [0.15, 0.2) is 35.3 Å². The van der Waals surface area contributed by atoms with Gasteiger partial charge in [-0.05, 0) is 26.0 Å². The molecule has 0 aliphatic carbocycles. The van der Waals surface area contributed by atoms with Gasteiger partial charge in [-0.25, -0.2) is 9.37 Å². The lowest BCUT2D eigenvalue weighted by molar-refractivity contribution is 0.0587. The highest BCUT2D eigenvalue weighted by Gasteiger charge is 2.44. The lowest BCUT2D eigenvalue weighted by Crippen LogP contribution is -2.65. The molecule has 0 unspecified atom stereocenters. The molecular formula is C22H27B4FN4O4. The van der Waals surface area contributed by atoms with Crippen molar-refractivity contribution in [1.29, 1.82) is 0 Å². The second-order valence-corrected chi connectivity index (χ2v) is 10.3. The molecule has 0 amide bonds. The smallest absolute Gasteiger partial charge is 0.274 e. The minimum atomic E-state index is -1.24. The van der Waals surface area contributed by atoms with Gasteiger partial charge in [0.15, 0.2) is 29.1 Å². The summed E-state index contributed by atoms with van der Waals surface area (Å²) in [6, 6.07) is 6.73. The van der Waals surface area contributed by atoms with Crippen LogP contribution in [0.2, 0.25) is 0 Å². The number of anilines is 1. The summed E-state index contributed by atoms with van der Waals surface area (Å²) in [5, 5.41) is 3.48. The third-order valence-corrected chi connectivity index (χ3v) is 7.42. The molecule has 0 bridgehead atoms. The van der Waals surface area contributed by atoms with Crippen LogP contribution in [-0.4, -0.2) is 82.1 Å². The SMILES string of the molecule is BC1(B)Oc2ccc(O[C@@H]3CCN(c4nn5c(=O)ccnc5c(C)c4C)C[C@@H]3F)cc2OC1(B)B. The zero-order chi connectivity index (χ0) is 25.1. The second-order valence-electron chi connectivity index (χ2n) is 10.3. The molecule has 0 saturated carbocycles. The number of hydrogen-bond acceptors (Lipinski definition) is 7. The Labute approximate surface area is 206 Å². The quantitative estimate of drug-likeness (QED) is 0.420. The number of alkyl halides is 1. The summed E-state index contributed by atoms with van der Waals surface area (Å²) in [5.74, 6) is 2.37. The van der Waals surface area contributed by atoms with E-state index >= 15 is 4.39 Å². The molecule has 0 radical (unpaired) electrons. The number of nitrogens with zero attached hydrogens (tertiary/aromatic N) is 4. The van der Waals surface area contributed by atoms with Crippen LogP contribution < -0.4 is 24.7 Å². The molecule has 1 fully saturated rings. The Morgan fingerprint density at radius 2 is 1.80 bits per heavy atom. The van der Waals surface area contributed by atoms with Gasteiger partial charge in [0.2, 0.25) is 0 Å². The summed E-state index contributed by atoms with van der Waals surface area (Å²) < 4.78 is 35.0. The predicted octanol–water partition coefficient (Wildman–Crippen LogP) is -1.69. The Morgan fingerprint density at radius 1 is 1.09 bits per heavy atom. The highest BCUT2D eigenvalue weighted by Crippen LogP contribution is 2.41. The summed E-state index contributed by atoms with van der Waals surface area (Å²) in [5.41, 5.74) is 1.98. The molecule has 8 nitrogen and oxygen atoms in total. The van der Waals surface area contributed by atoms with Crippen LogP contribution in [-0.2, 0) is 0 Å². The van der Waals surface area contributed by atoms with Crippen molar-refractivity contribution in [3.63, 3.8) is 0 Å². The Bertz CT molecular complexity index is 1370. The van der Waals surface area contributed by atoms with Gasteiger partial charge in [-0.1, -0.05) is 0 Å². The molecule has 5 rings (SSSR count). The summed E-state index contributed by atoms with van der Waals surface area (Å²) in [4.78, 5) is 18.5. The van der Waals surface area contributed by atoms with E-state index in [1.807, 2.05) is 50.1 Å². The molecular weight excluding hydrogens is 447 g/mol. The van der Waals surface area contributed by atoms with E-state index in [0.717, 1.165) is 11.1 Å². The number of ether oxygens (including phenoxy) is 3. The minimum Gasteiger partial charge on any atom is -0.499 e. The Morgan fingerprint density at radius 3 is 2.51 bits per heavy atom. The molecule has 1 saturated heterocycles. The van der Waals surface area contributed by atoms with Crippen molar-refractivity contribution in [3.8, 4) is 17.2 Å². The largest absolute Gasteiger partial charge is 0.499 e. The fourth-order valence-electron chi connectivity index (χ4n) is 4.46. The third-order valence-electron chi connectivity index (χ3n) is 7.42. The summed E-state index contributed by atoms with van der Waals surface area (Å²) in [7, 11) is 7.93. The molecule has 2 atom stereocenters. The van der Waals surface area contributed by atoms with Gasteiger partial charge < -0.3 is 19.1 Å². The van der Waals surface area contributed by atoms with Crippen LogP contribution in [0.3, 0.4) is 0 Å². The number of aromatic nitrogens is 3. The molecule has 2 aliphatic heterocycles. The van der Waals surface area contributed by atoms with Crippen molar-refractivity contribution in [2.75, 3.05) is 18.0 Å². The van der Waals surface area contributed by atoms with Crippen LogP contribution in [0.1, 0.15) is 17.5 Å². The first-order chi connectivity index (χ1) is 16.5. The van der Waals surface area contributed by atoms with Crippen molar-refractivity contribution in [1.82, 2.24) is 14.6 Å². The first kappa shape index (κ1) is 23.6. The molecule has 3 aromatic rings. The van der Waals surface area contributed by atoms with E-state index in [1.165, 1.54) is 16.8 Å².